The Morgan fingerprint density at radius 3 is 1.51 bits per heavy atom. The second-order valence-corrected chi connectivity index (χ2v) is 23.4. The van der Waals surface area contributed by atoms with Crippen LogP contribution in [0.3, 0.4) is 0 Å². The van der Waals surface area contributed by atoms with E-state index in [1.165, 1.54) is 72.6 Å². The van der Waals surface area contributed by atoms with Crippen LogP contribution in [-0.2, 0) is 21.7 Å². The fraction of sp³-hybridized carbons (Fsp3) is 0.270. The molecule has 338 valence electrons. The summed E-state index contributed by atoms with van der Waals surface area (Å²) in [6.45, 7) is 26.0. The Morgan fingerprint density at radius 1 is 0.471 bits per heavy atom. The zero-order valence-electron chi connectivity index (χ0n) is 41.6. The van der Waals surface area contributed by atoms with Crippen LogP contribution in [0.15, 0.2) is 154 Å². The molecular weight excluding hydrogens is 828 g/mol. The van der Waals surface area contributed by atoms with E-state index in [0.29, 0.717) is 0 Å². The lowest BCUT2D eigenvalue weighted by Crippen LogP contribution is -2.62. The first-order chi connectivity index (χ1) is 32.3. The summed E-state index contributed by atoms with van der Waals surface area (Å²) in [6, 6.07) is 54.7. The lowest BCUT2D eigenvalue weighted by molar-refractivity contribution is 0.332. The van der Waals surface area contributed by atoms with Gasteiger partial charge < -0.3 is 18.6 Å². The van der Waals surface area contributed by atoms with E-state index in [2.05, 4.69) is 219 Å². The van der Waals surface area contributed by atoms with Gasteiger partial charge in [0.25, 0.3) is 6.71 Å². The van der Waals surface area contributed by atoms with Gasteiger partial charge in [0.2, 0.25) is 0 Å². The first-order valence-corrected chi connectivity index (χ1v) is 24.6. The Bertz CT molecular complexity index is 3360. The van der Waals surface area contributed by atoms with E-state index in [-0.39, 0.29) is 28.4 Å². The van der Waals surface area contributed by atoms with Crippen LogP contribution in [0, 0.1) is 6.92 Å². The highest BCUT2D eigenvalue weighted by Crippen LogP contribution is 2.51. The maximum atomic E-state index is 6.71. The molecule has 0 saturated carbocycles. The maximum absolute atomic E-state index is 6.71. The standard InChI is InChI=1S/C63H61BN2O2/c1-38-28-53-59-54(29-38)66(46-31-41(57-33-39-16-12-14-18-55(39)67-57)30-42(32-46)58-34-40-17-13-15-19-56(40)68-58)52-37-48-47(62(8,9)26-27-63(48,10)11)36-50(52)64(59)49-35-44(61(5,6)7)22-25-51(49)65(53)45-23-20-43(21-24-45)60(2,3)4/h12-25,28-37H,26-27H2,1-11H3. The lowest BCUT2D eigenvalue weighted by Gasteiger charge is -2.47. The minimum absolute atomic E-state index is 0.000944. The summed E-state index contributed by atoms with van der Waals surface area (Å²) in [5, 5.41) is 2.16. The van der Waals surface area contributed by atoms with E-state index in [4.69, 9.17) is 8.83 Å². The Hall–Kier alpha value is -6.72. The molecule has 2 aliphatic heterocycles. The van der Waals surface area contributed by atoms with Crippen molar-refractivity contribution in [3.05, 3.63) is 173 Å². The topological polar surface area (TPSA) is 32.8 Å². The van der Waals surface area contributed by atoms with E-state index in [9.17, 15) is 0 Å². The highest BCUT2D eigenvalue weighted by atomic mass is 16.3. The summed E-state index contributed by atoms with van der Waals surface area (Å²) in [7, 11) is 0. The van der Waals surface area contributed by atoms with E-state index in [1.54, 1.807) is 0 Å². The van der Waals surface area contributed by atoms with Gasteiger partial charge in [-0.25, -0.2) is 0 Å². The van der Waals surface area contributed by atoms with Crippen LogP contribution in [-0.4, -0.2) is 6.71 Å². The number of nitrogens with zero attached hydrogens (tertiary/aromatic N) is 2. The molecule has 9 aromatic rings. The van der Waals surface area contributed by atoms with Crippen molar-refractivity contribution in [2.75, 3.05) is 9.80 Å². The van der Waals surface area contributed by atoms with Crippen LogP contribution in [0.2, 0.25) is 0 Å². The summed E-state index contributed by atoms with van der Waals surface area (Å²) >= 11 is 0. The fourth-order valence-electron chi connectivity index (χ4n) is 11.6. The van der Waals surface area contributed by atoms with Gasteiger partial charge in [-0.05, 0) is 164 Å². The summed E-state index contributed by atoms with van der Waals surface area (Å²) < 4.78 is 13.4. The van der Waals surface area contributed by atoms with Crippen LogP contribution in [0.1, 0.15) is 110 Å². The molecule has 0 atom stereocenters. The van der Waals surface area contributed by atoms with Gasteiger partial charge in [-0.15, -0.1) is 0 Å². The molecule has 4 heterocycles. The molecule has 0 spiro atoms. The van der Waals surface area contributed by atoms with E-state index < -0.39 is 0 Å². The molecule has 7 aromatic carbocycles. The van der Waals surface area contributed by atoms with Crippen LogP contribution in [0.4, 0.5) is 34.1 Å². The SMILES string of the molecule is Cc1cc2c3c(c1)N(c1cc(-c4cc5ccccc5o4)cc(-c4cc5ccccc5o4)c1)c1cc4c(cc1B3c1cc(C(C)(C)C)ccc1N2c1ccc(C(C)(C)C)cc1)C(C)(C)CCC4(C)C. The highest BCUT2D eigenvalue weighted by molar-refractivity contribution is 7.00. The Kier molecular flexibility index (Phi) is 9.18. The predicted octanol–water partition coefficient (Wildman–Crippen LogP) is 15.8. The van der Waals surface area contributed by atoms with Gasteiger partial charge in [0.15, 0.2) is 0 Å². The molecule has 68 heavy (non-hydrogen) atoms. The largest absolute Gasteiger partial charge is 0.456 e. The van der Waals surface area contributed by atoms with Crippen LogP contribution in [0.25, 0.3) is 44.6 Å². The molecular formula is C63H61BN2O2. The number of fused-ring (bicyclic) bond motifs is 7. The Morgan fingerprint density at radius 2 is 0.971 bits per heavy atom. The molecule has 0 amide bonds. The van der Waals surface area contributed by atoms with E-state index >= 15 is 0 Å². The third-order valence-electron chi connectivity index (χ3n) is 15.6. The first-order valence-electron chi connectivity index (χ1n) is 24.6. The summed E-state index contributed by atoms with van der Waals surface area (Å²) in [4.78, 5) is 5.14. The van der Waals surface area contributed by atoms with E-state index in [1.807, 2.05) is 12.1 Å². The van der Waals surface area contributed by atoms with Crippen molar-refractivity contribution in [1.82, 2.24) is 0 Å². The van der Waals surface area contributed by atoms with E-state index in [0.717, 1.165) is 63.1 Å². The minimum Gasteiger partial charge on any atom is -0.456 e. The van der Waals surface area contributed by atoms with Crippen LogP contribution < -0.4 is 26.2 Å². The zero-order chi connectivity index (χ0) is 47.2. The molecule has 2 aromatic heterocycles. The molecule has 5 heteroatoms. The normalized spacial score (nSPS) is 15.9. The molecule has 4 nitrogen and oxygen atoms in total. The van der Waals surface area contributed by atoms with Gasteiger partial charge >= 0.3 is 0 Å². The fourth-order valence-corrected chi connectivity index (χ4v) is 11.6. The zero-order valence-corrected chi connectivity index (χ0v) is 41.6. The van der Waals surface area contributed by atoms with Gasteiger partial charge in [-0.1, -0.05) is 136 Å². The monoisotopic (exact) mass is 888 g/mol. The summed E-state index contributed by atoms with van der Waals surface area (Å²) in [5.41, 5.74) is 21.7. The van der Waals surface area contributed by atoms with Gasteiger partial charge in [-0.2, -0.15) is 0 Å². The number of benzene rings is 7. The molecule has 12 rings (SSSR count). The number of aryl methyl sites for hydroxylation is 1. The van der Waals surface area contributed by atoms with Crippen molar-refractivity contribution in [2.24, 2.45) is 0 Å². The van der Waals surface area contributed by atoms with Crippen molar-refractivity contribution in [1.29, 1.82) is 0 Å². The number of hydrogen-bond donors (Lipinski definition) is 0. The molecule has 1 aliphatic carbocycles. The molecule has 0 bridgehead atoms. The van der Waals surface area contributed by atoms with Gasteiger partial charge in [0.05, 0.1) is 0 Å². The smallest absolute Gasteiger partial charge is 0.252 e. The second kappa shape index (κ2) is 14.6. The van der Waals surface area contributed by atoms with Crippen molar-refractivity contribution >= 4 is 79.2 Å². The van der Waals surface area contributed by atoms with Crippen molar-refractivity contribution in [3.63, 3.8) is 0 Å². The van der Waals surface area contributed by atoms with Gasteiger partial charge in [-0.3, -0.25) is 0 Å². The van der Waals surface area contributed by atoms with Crippen LogP contribution >= 0.6 is 0 Å². The summed E-state index contributed by atoms with van der Waals surface area (Å²) in [6.07, 6.45) is 2.28. The lowest BCUT2D eigenvalue weighted by atomic mass is 9.33. The number of hydrogen-bond acceptors (Lipinski definition) is 4. The molecule has 0 radical (unpaired) electrons. The number of furan rings is 2. The van der Waals surface area contributed by atoms with Gasteiger partial charge in [0, 0.05) is 56.0 Å². The molecule has 0 saturated heterocycles. The number of para-hydroxylation sites is 2. The number of anilines is 6. The van der Waals surface area contributed by atoms with Crippen molar-refractivity contribution in [3.8, 4) is 22.6 Å². The quantitative estimate of drug-likeness (QED) is 0.165. The van der Waals surface area contributed by atoms with Crippen molar-refractivity contribution < 1.29 is 8.83 Å². The molecule has 0 unspecified atom stereocenters. The molecule has 0 N–H and O–H groups in total. The average Bonchev–Trinajstić information content (AvgIpc) is 3.95. The molecule has 0 fully saturated rings. The Labute approximate surface area is 402 Å². The van der Waals surface area contributed by atoms with Crippen LogP contribution in [0.5, 0.6) is 0 Å². The average molecular weight is 889 g/mol. The Balaban J connectivity index is 1.19. The summed E-state index contributed by atoms with van der Waals surface area (Å²) in [5.74, 6) is 1.65. The maximum Gasteiger partial charge on any atom is 0.252 e. The molecule has 3 aliphatic rings. The third kappa shape index (κ3) is 6.71. The number of rotatable bonds is 4. The third-order valence-corrected chi connectivity index (χ3v) is 15.6. The first kappa shape index (κ1) is 42.6. The highest BCUT2D eigenvalue weighted by Gasteiger charge is 2.47. The van der Waals surface area contributed by atoms with Crippen molar-refractivity contribution in [2.45, 2.75) is 111 Å². The predicted molar refractivity (Wildman–Crippen MR) is 288 cm³/mol. The van der Waals surface area contributed by atoms with Gasteiger partial charge in [0.1, 0.15) is 22.7 Å². The minimum atomic E-state index is -0.0415. The second-order valence-electron chi connectivity index (χ2n) is 23.4.